The number of nitrogens with zero attached hydrogens (tertiary/aromatic N) is 2. The number of esters is 1. The summed E-state index contributed by atoms with van der Waals surface area (Å²) in [5, 5.41) is 0. The van der Waals surface area contributed by atoms with Gasteiger partial charge in [-0.3, -0.25) is 4.79 Å². The first-order valence-electron chi connectivity index (χ1n) is 8.48. The summed E-state index contributed by atoms with van der Waals surface area (Å²) in [5.74, 6) is -0.485. The summed E-state index contributed by atoms with van der Waals surface area (Å²) in [7, 11) is -2.07. The minimum Gasteiger partial charge on any atom is -0.468 e. The lowest BCUT2D eigenvalue weighted by Crippen LogP contribution is -2.41. The predicted molar refractivity (Wildman–Crippen MR) is 98.0 cm³/mol. The third-order valence-electron chi connectivity index (χ3n) is 3.91. The molecule has 2 rings (SSSR count). The molecule has 1 aromatic rings. The van der Waals surface area contributed by atoms with E-state index in [-0.39, 0.29) is 0 Å². The van der Waals surface area contributed by atoms with E-state index in [0.717, 1.165) is 5.56 Å². The Hall–Kier alpha value is -1.93. The van der Waals surface area contributed by atoms with Crippen LogP contribution in [0, 0.1) is 6.92 Å². The fourth-order valence-electron chi connectivity index (χ4n) is 2.75. The number of carbonyl (C=O) groups excluding carboxylic acids is 2. The van der Waals surface area contributed by atoms with Gasteiger partial charge in [-0.25, -0.2) is 9.00 Å². The third kappa shape index (κ3) is 4.62. The van der Waals surface area contributed by atoms with Crippen molar-refractivity contribution < 1.29 is 23.3 Å². The Morgan fingerprint density at radius 1 is 1.23 bits per heavy atom. The van der Waals surface area contributed by atoms with E-state index in [2.05, 4.69) is 4.36 Å². The van der Waals surface area contributed by atoms with Crippen LogP contribution >= 0.6 is 0 Å². The minimum absolute atomic E-state index is 0.366. The normalized spacial score (nSPS) is 20.3. The van der Waals surface area contributed by atoms with Crippen LogP contribution in [0.5, 0.6) is 0 Å². The predicted octanol–water partition coefficient (Wildman–Crippen LogP) is 3.31. The first-order chi connectivity index (χ1) is 12.1. The van der Waals surface area contributed by atoms with E-state index in [1.165, 1.54) is 11.4 Å². The van der Waals surface area contributed by atoms with E-state index in [9.17, 15) is 13.8 Å². The van der Waals surface area contributed by atoms with Crippen molar-refractivity contribution in [1.29, 1.82) is 0 Å². The average Bonchev–Trinajstić information content (AvgIpc) is 3.03. The highest BCUT2D eigenvalue weighted by molar-refractivity contribution is 7.91. The molecule has 0 radical (unpaired) electrons. The average molecular weight is 382 g/mol. The molecule has 1 amide bonds. The maximum Gasteiger partial charge on any atom is 0.443 e. The van der Waals surface area contributed by atoms with Gasteiger partial charge in [-0.2, -0.15) is 4.31 Å². The summed E-state index contributed by atoms with van der Waals surface area (Å²) in [6.07, 6.45) is 0.241. The van der Waals surface area contributed by atoms with E-state index in [4.69, 9.17) is 9.47 Å². The molecule has 7 nitrogen and oxygen atoms in total. The van der Waals surface area contributed by atoms with Gasteiger partial charge >= 0.3 is 12.1 Å². The summed E-state index contributed by atoms with van der Waals surface area (Å²) >= 11 is 0. The van der Waals surface area contributed by atoms with Gasteiger partial charge in [-0.15, -0.1) is 4.36 Å². The molecule has 0 spiro atoms. The second kappa shape index (κ2) is 7.75. The Morgan fingerprint density at radius 3 is 2.38 bits per heavy atom. The van der Waals surface area contributed by atoms with E-state index in [1.807, 2.05) is 6.92 Å². The number of carbonyl (C=O) groups is 2. The van der Waals surface area contributed by atoms with Crippen LogP contribution in [0.1, 0.15) is 39.2 Å². The van der Waals surface area contributed by atoms with E-state index < -0.39 is 33.6 Å². The first kappa shape index (κ1) is 20.4. The number of ether oxygens (including phenoxy) is 2. The second-order valence-electron chi connectivity index (χ2n) is 7.20. The number of hydrogen-bond donors (Lipinski definition) is 0. The maximum absolute atomic E-state index is 13.9. The van der Waals surface area contributed by atoms with Crippen molar-refractivity contribution in [2.45, 2.75) is 57.1 Å². The van der Waals surface area contributed by atoms with Crippen molar-refractivity contribution >= 4 is 22.0 Å². The fraction of sp³-hybridized carbons (Fsp3) is 0.556. The summed E-state index contributed by atoms with van der Waals surface area (Å²) in [5.41, 5.74) is 0.222. The van der Waals surface area contributed by atoms with Gasteiger partial charge in [0, 0.05) is 6.54 Å². The Balaban J connectivity index is 2.55. The van der Waals surface area contributed by atoms with Gasteiger partial charge in [-0.1, -0.05) is 17.7 Å². The topological polar surface area (TPSA) is 85.3 Å². The van der Waals surface area contributed by atoms with Crippen LogP contribution in [0.3, 0.4) is 0 Å². The standard InChI is InChI=1S/C18H26N2O5S/c1-13-8-10-14(11-9-13)26(23,19-17(22)25-18(2,3)4)20-12-6-7-15(20)16(21)24-5/h8-11,15H,6-7,12H2,1-5H3/t15-,26?/m0/s1. The molecular weight excluding hydrogens is 356 g/mol. The molecule has 26 heavy (non-hydrogen) atoms. The Bertz CT molecular complexity index is 789. The van der Waals surface area contributed by atoms with Gasteiger partial charge in [0.1, 0.15) is 11.6 Å². The summed E-state index contributed by atoms with van der Waals surface area (Å²) in [4.78, 5) is 24.8. The molecular formula is C18H26N2O5S. The maximum atomic E-state index is 13.9. The number of rotatable bonds is 3. The fourth-order valence-corrected chi connectivity index (χ4v) is 4.87. The van der Waals surface area contributed by atoms with Gasteiger partial charge in [0.05, 0.1) is 12.0 Å². The molecule has 1 aliphatic heterocycles. The molecule has 0 saturated carbocycles. The smallest absolute Gasteiger partial charge is 0.443 e. The molecule has 1 aliphatic rings. The van der Waals surface area contributed by atoms with Crippen molar-refractivity contribution in [3.8, 4) is 0 Å². The molecule has 8 heteroatoms. The lowest BCUT2D eigenvalue weighted by molar-refractivity contribution is -0.144. The van der Waals surface area contributed by atoms with Crippen molar-refractivity contribution in [3.05, 3.63) is 29.8 Å². The third-order valence-corrected chi connectivity index (χ3v) is 6.27. The first-order valence-corrected chi connectivity index (χ1v) is 9.95. The van der Waals surface area contributed by atoms with Crippen LogP contribution in [0.4, 0.5) is 4.79 Å². The van der Waals surface area contributed by atoms with E-state index in [0.29, 0.717) is 24.3 Å². The van der Waals surface area contributed by atoms with Gasteiger partial charge in [0.15, 0.2) is 9.92 Å². The molecule has 0 bridgehead atoms. The second-order valence-corrected chi connectivity index (χ2v) is 9.32. The number of amides is 1. The van der Waals surface area contributed by atoms with Gasteiger partial charge in [-0.05, 0) is 52.7 Å². The highest BCUT2D eigenvalue weighted by Gasteiger charge is 2.39. The molecule has 1 heterocycles. The molecule has 1 saturated heterocycles. The van der Waals surface area contributed by atoms with Crippen LogP contribution < -0.4 is 0 Å². The number of benzene rings is 1. The molecule has 2 atom stereocenters. The summed E-state index contributed by atoms with van der Waals surface area (Å²) in [6.45, 7) is 7.41. The van der Waals surface area contributed by atoms with Gasteiger partial charge in [0.25, 0.3) is 0 Å². The molecule has 1 aromatic carbocycles. The molecule has 0 N–H and O–H groups in total. The van der Waals surface area contributed by atoms with Crippen molar-refractivity contribution in [2.24, 2.45) is 4.36 Å². The number of methoxy groups -OCH3 is 1. The SMILES string of the molecule is COC(=O)[C@@H]1CCCN1S(=O)(=NC(=O)OC(C)(C)C)c1ccc(C)cc1. The lowest BCUT2D eigenvalue weighted by atomic mass is 10.2. The van der Waals surface area contributed by atoms with E-state index >= 15 is 0 Å². The Labute approximate surface area is 155 Å². The zero-order chi connectivity index (χ0) is 19.5. The molecule has 1 fully saturated rings. The van der Waals surface area contributed by atoms with Crippen LogP contribution in [-0.4, -0.2) is 45.9 Å². The zero-order valence-corrected chi connectivity index (χ0v) is 16.7. The largest absolute Gasteiger partial charge is 0.468 e. The molecule has 0 aromatic heterocycles. The summed E-state index contributed by atoms with van der Waals surface area (Å²) < 4.78 is 29.3. The van der Waals surface area contributed by atoms with Crippen molar-refractivity contribution in [1.82, 2.24) is 4.31 Å². The van der Waals surface area contributed by atoms with E-state index in [1.54, 1.807) is 45.0 Å². The quantitative estimate of drug-likeness (QED) is 0.749. The van der Waals surface area contributed by atoms with Crippen LogP contribution in [0.25, 0.3) is 0 Å². The van der Waals surface area contributed by atoms with Crippen LogP contribution in [0.15, 0.2) is 33.5 Å². The lowest BCUT2D eigenvalue weighted by Gasteiger charge is -2.26. The number of hydrogen-bond acceptors (Lipinski definition) is 5. The zero-order valence-electron chi connectivity index (χ0n) is 15.9. The Morgan fingerprint density at radius 2 is 1.85 bits per heavy atom. The molecule has 1 unspecified atom stereocenters. The van der Waals surface area contributed by atoms with Crippen LogP contribution in [0.2, 0.25) is 0 Å². The Kier molecular flexibility index (Phi) is 6.08. The van der Waals surface area contributed by atoms with Gasteiger partial charge < -0.3 is 9.47 Å². The molecule has 0 aliphatic carbocycles. The molecule has 144 valence electrons. The van der Waals surface area contributed by atoms with Crippen molar-refractivity contribution in [2.75, 3.05) is 13.7 Å². The minimum atomic E-state index is -3.36. The number of aryl methyl sites for hydroxylation is 1. The summed E-state index contributed by atoms with van der Waals surface area (Å²) in [6, 6.07) is 6.21. The highest BCUT2D eigenvalue weighted by Crippen LogP contribution is 2.29. The monoisotopic (exact) mass is 382 g/mol. The van der Waals surface area contributed by atoms with Crippen molar-refractivity contribution in [3.63, 3.8) is 0 Å². The van der Waals surface area contributed by atoms with Crippen LogP contribution in [-0.2, 0) is 24.2 Å². The highest BCUT2D eigenvalue weighted by atomic mass is 32.2. The van der Waals surface area contributed by atoms with Gasteiger partial charge in [0.2, 0.25) is 0 Å².